The first kappa shape index (κ1) is 13.9. The Labute approximate surface area is 114 Å². The molecule has 0 bridgehead atoms. The summed E-state index contributed by atoms with van der Waals surface area (Å²) < 4.78 is 5.55. The average molecular weight is 262 g/mol. The quantitative estimate of drug-likeness (QED) is 0.830. The number of benzene rings is 1. The number of carbonyl (C=O) groups excluding carboxylic acids is 1. The molecule has 0 aromatic heterocycles. The third-order valence-corrected chi connectivity index (χ3v) is 3.53. The summed E-state index contributed by atoms with van der Waals surface area (Å²) in [5, 5.41) is 0. The molecule has 1 aliphatic rings. The van der Waals surface area contributed by atoms with Gasteiger partial charge >= 0.3 is 0 Å². The number of nitrogen functional groups attached to an aromatic ring is 1. The minimum atomic E-state index is 0.155. The monoisotopic (exact) mass is 262 g/mol. The summed E-state index contributed by atoms with van der Waals surface area (Å²) in [6, 6.07) is 7.43. The number of amides is 1. The molecular weight excluding hydrogens is 240 g/mol. The van der Waals surface area contributed by atoms with Crippen LogP contribution in [-0.4, -0.2) is 25.2 Å². The summed E-state index contributed by atoms with van der Waals surface area (Å²) >= 11 is 0. The standard InChI is InChI=1S/C15H22N2O2/c1-2-17(13-7-5-12(16)6-8-13)15(18)10-9-14-4-3-11-19-14/h5-8,14H,2-4,9-11,16H2,1H3. The molecular formula is C15H22N2O2. The van der Waals surface area contributed by atoms with Gasteiger partial charge in [0.1, 0.15) is 0 Å². The molecule has 1 fully saturated rings. The van der Waals surface area contributed by atoms with Gasteiger partial charge in [0.25, 0.3) is 0 Å². The Kier molecular flexibility index (Phi) is 4.80. The van der Waals surface area contributed by atoms with Gasteiger partial charge in [-0.1, -0.05) is 0 Å². The number of rotatable bonds is 5. The highest BCUT2D eigenvalue weighted by Crippen LogP contribution is 2.20. The maximum Gasteiger partial charge on any atom is 0.227 e. The highest BCUT2D eigenvalue weighted by Gasteiger charge is 2.19. The van der Waals surface area contributed by atoms with E-state index < -0.39 is 0 Å². The second kappa shape index (κ2) is 6.57. The molecule has 4 nitrogen and oxygen atoms in total. The van der Waals surface area contributed by atoms with Crippen LogP contribution in [0.5, 0.6) is 0 Å². The largest absolute Gasteiger partial charge is 0.399 e. The predicted octanol–water partition coefficient (Wildman–Crippen LogP) is 2.58. The third kappa shape index (κ3) is 3.70. The van der Waals surface area contributed by atoms with Crippen LogP contribution >= 0.6 is 0 Å². The Bertz CT molecular complexity index is 411. The van der Waals surface area contributed by atoms with Crippen LogP contribution in [-0.2, 0) is 9.53 Å². The third-order valence-electron chi connectivity index (χ3n) is 3.53. The summed E-state index contributed by atoms with van der Waals surface area (Å²) in [6.07, 6.45) is 3.84. The van der Waals surface area contributed by atoms with Crippen molar-refractivity contribution in [3.05, 3.63) is 24.3 Å². The molecule has 1 saturated heterocycles. The van der Waals surface area contributed by atoms with Crippen molar-refractivity contribution in [2.24, 2.45) is 0 Å². The maximum atomic E-state index is 12.3. The molecule has 0 radical (unpaired) electrons. The number of anilines is 2. The van der Waals surface area contributed by atoms with Crippen molar-refractivity contribution >= 4 is 17.3 Å². The molecule has 1 aromatic carbocycles. The molecule has 1 atom stereocenters. The molecule has 2 rings (SSSR count). The molecule has 1 amide bonds. The molecule has 0 aliphatic carbocycles. The molecule has 104 valence electrons. The molecule has 4 heteroatoms. The first-order valence-corrected chi connectivity index (χ1v) is 6.98. The minimum Gasteiger partial charge on any atom is -0.399 e. The lowest BCUT2D eigenvalue weighted by Gasteiger charge is -2.22. The lowest BCUT2D eigenvalue weighted by atomic mass is 10.1. The highest BCUT2D eigenvalue weighted by atomic mass is 16.5. The first-order valence-electron chi connectivity index (χ1n) is 6.98. The second-order valence-corrected chi connectivity index (χ2v) is 4.90. The molecule has 1 aliphatic heterocycles. The van der Waals surface area contributed by atoms with Gasteiger partial charge < -0.3 is 15.4 Å². The van der Waals surface area contributed by atoms with Crippen molar-refractivity contribution in [2.75, 3.05) is 23.8 Å². The van der Waals surface area contributed by atoms with Gasteiger partial charge in [-0.05, 0) is 50.5 Å². The van der Waals surface area contributed by atoms with Crippen molar-refractivity contribution in [2.45, 2.75) is 38.7 Å². The fraction of sp³-hybridized carbons (Fsp3) is 0.533. The van der Waals surface area contributed by atoms with Gasteiger partial charge in [-0.3, -0.25) is 4.79 Å². The lowest BCUT2D eigenvalue weighted by Crippen LogP contribution is -2.31. The van der Waals surface area contributed by atoms with Gasteiger partial charge in [0.15, 0.2) is 0 Å². The van der Waals surface area contributed by atoms with E-state index in [0.717, 1.165) is 31.6 Å². The normalized spacial score (nSPS) is 18.5. The molecule has 1 unspecified atom stereocenters. The zero-order valence-corrected chi connectivity index (χ0v) is 11.5. The van der Waals surface area contributed by atoms with E-state index in [4.69, 9.17) is 10.5 Å². The Morgan fingerprint density at radius 3 is 2.74 bits per heavy atom. The van der Waals surface area contributed by atoms with E-state index in [1.165, 1.54) is 0 Å². The summed E-state index contributed by atoms with van der Waals surface area (Å²) in [7, 11) is 0. The second-order valence-electron chi connectivity index (χ2n) is 4.90. The fourth-order valence-electron chi connectivity index (χ4n) is 2.45. The predicted molar refractivity (Wildman–Crippen MR) is 77.1 cm³/mol. The van der Waals surface area contributed by atoms with Gasteiger partial charge in [0.2, 0.25) is 5.91 Å². The topological polar surface area (TPSA) is 55.6 Å². The number of nitrogens with zero attached hydrogens (tertiary/aromatic N) is 1. The number of hydrogen-bond donors (Lipinski definition) is 1. The van der Waals surface area contributed by atoms with E-state index in [2.05, 4.69) is 0 Å². The van der Waals surface area contributed by atoms with Crippen molar-refractivity contribution in [3.63, 3.8) is 0 Å². The van der Waals surface area contributed by atoms with E-state index in [0.29, 0.717) is 18.7 Å². The van der Waals surface area contributed by atoms with Crippen molar-refractivity contribution < 1.29 is 9.53 Å². The molecule has 19 heavy (non-hydrogen) atoms. The Morgan fingerprint density at radius 2 is 2.16 bits per heavy atom. The lowest BCUT2D eigenvalue weighted by molar-refractivity contribution is -0.119. The summed E-state index contributed by atoms with van der Waals surface area (Å²) in [5.41, 5.74) is 7.29. The van der Waals surface area contributed by atoms with Crippen LogP contribution < -0.4 is 10.6 Å². The van der Waals surface area contributed by atoms with Gasteiger partial charge in [-0.2, -0.15) is 0 Å². The van der Waals surface area contributed by atoms with Crippen LogP contribution in [0.4, 0.5) is 11.4 Å². The van der Waals surface area contributed by atoms with Gasteiger partial charge in [-0.15, -0.1) is 0 Å². The molecule has 2 N–H and O–H groups in total. The van der Waals surface area contributed by atoms with Crippen molar-refractivity contribution in [3.8, 4) is 0 Å². The van der Waals surface area contributed by atoms with Crippen molar-refractivity contribution in [1.29, 1.82) is 0 Å². The van der Waals surface area contributed by atoms with Crippen LogP contribution in [0.2, 0.25) is 0 Å². The van der Waals surface area contributed by atoms with Crippen LogP contribution in [0, 0.1) is 0 Å². The highest BCUT2D eigenvalue weighted by molar-refractivity contribution is 5.93. The fourth-order valence-corrected chi connectivity index (χ4v) is 2.45. The molecule has 0 saturated carbocycles. The first-order chi connectivity index (χ1) is 9.20. The van der Waals surface area contributed by atoms with Crippen molar-refractivity contribution in [1.82, 2.24) is 0 Å². The molecule has 0 spiro atoms. The van der Waals surface area contributed by atoms with Gasteiger partial charge in [-0.25, -0.2) is 0 Å². The van der Waals surface area contributed by atoms with Crippen LogP contribution in [0.15, 0.2) is 24.3 Å². The van der Waals surface area contributed by atoms with Gasteiger partial charge in [0.05, 0.1) is 6.10 Å². The van der Waals surface area contributed by atoms with Gasteiger partial charge in [0, 0.05) is 30.9 Å². The van der Waals surface area contributed by atoms with E-state index in [1.807, 2.05) is 31.2 Å². The van der Waals surface area contributed by atoms with Crippen LogP contribution in [0.3, 0.4) is 0 Å². The van der Waals surface area contributed by atoms with E-state index in [-0.39, 0.29) is 12.0 Å². The number of nitrogens with two attached hydrogens (primary N) is 1. The summed E-state index contributed by atoms with van der Waals surface area (Å²) in [6.45, 7) is 3.50. The number of ether oxygens (including phenoxy) is 1. The Balaban J connectivity index is 1.92. The summed E-state index contributed by atoms with van der Waals surface area (Å²) in [5.74, 6) is 0.155. The molecule has 1 aromatic rings. The maximum absolute atomic E-state index is 12.3. The minimum absolute atomic E-state index is 0.155. The zero-order chi connectivity index (χ0) is 13.7. The van der Waals surface area contributed by atoms with Crippen LogP contribution in [0.1, 0.15) is 32.6 Å². The number of carbonyl (C=O) groups is 1. The van der Waals surface area contributed by atoms with E-state index in [1.54, 1.807) is 4.90 Å². The number of hydrogen-bond acceptors (Lipinski definition) is 3. The zero-order valence-electron chi connectivity index (χ0n) is 11.5. The van der Waals surface area contributed by atoms with E-state index in [9.17, 15) is 4.79 Å². The Hall–Kier alpha value is -1.55. The Morgan fingerprint density at radius 1 is 1.42 bits per heavy atom. The molecule has 1 heterocycles. The van der Waals surface area contributed by atoms with E-state index >= 15 is 0 Å². The average Bonchev–Trinajstić information content (AvgIpc) is 2.92. The smallest absolute Gasteiger partial charge is 0.227 e. The van der Waals surface area contributed by atoms with Crippen LogP contribution in [0.25, 0.3) is 0 Å². The summed E-state index contributed by atoms with van der Waals surface area (Å²) in [4.78, 5) is 14.1. The SMILES string of the molecule is CCN(C(=O)CCC1CCCO1)c1ccc(N)cc1.